The minimum absolute atomic E-state index is 0.121. The molecule has 51 heavy (non-hydrogen) atoms. The Labute approximate surface area is 298 Å². The Kier molecular flexibility index (Phi) is 8.00. The van der Waals surface area contributed by atoms with Gasteiger partial charge in [0.15, 0.2) is 0 Å². The summed E-state index contributed by atoms with van der Waals surface area (Å²) in [7, 11) is 5.61. The summed E-state index contributed by atoms with van der Waals surface area (Å²) < 4.78 is 1.89. The van der Waals surface area contributed by atoms with Crippen LogP contribution in [0.2, 0.25) is 0 Å². The fraction of sp³-hybridized carbons (Fsp3) is 0.268. The number of pyridine rings is 2. The lowest BCUT2D eigenvalue weighted by Crippen LogP contribution is -2.33. The van der Waals surface area contributed by atoms with E-state index in [4.69, 9.17) is 0 Å². The van der Waals surface area contributed by atoms with Crippen LogP contribution in [0.1, 0.15) is 50.2 Å². The third-order valence-corrected chi connectivity index (χ3v) is 10.2. The van der Waals surface area contributed by atoms with E-state index in [2.05, 4.69) is 55.6 Å². The van der Waals surface area contributed by atoms with Gasteiger partial charge in [0.2, 0.25) is 11.8 Å². The molecule has 1 N–H and O–H groups in total. The number of anilines is 2. The van der Waals surface area contributed by atoms with Crippen LogP contribution in [0.3, 0.4) is 0 Å². The zero-order valence-corrected chi connectivity index (χ0v) is 30.5. The lowest BCUT2D eigenvalue weighted by Gasteiger charge is -2.16. The van der Waals surface area contributed by atoms with E-state index in [-0.39, 0.29) is 11.8 Å². The lowest BCUT2D eigenvalue weighted by atomic mass is 9.85. The number of aryl methyl sites for hydroxylation is 3. The van der Waals surface area contributed by atoms with Crippen LogP contribution in [0, 0.1) is 13.8 Å². The summed E-state index contributed by atoms with van der Waals surface area (Å²) in [6.07, 6.45) is 3.64. The molecule has 0 unspecified atom stereocenters. The van der Waals surface area contributed by atoms with Crippen LogP contribution in [0.5, 0.6) is 0 Å². The second-order valence-corrected chi connectivity index (χ2v) is 14.5. The molecule has 6 aromatic rings. The van der Waals surface area contributed by atoms with Crippen LogP contribution >= 0.6 is 0 Å². The van der Waals surface area contributed by atoms with Crippen LogP contribution < -0.4 is 9.80 Å². The van der Waals surface area contributed by atoms with E-state index in [9.17, 15) is 9.59 Å². The molecule has 8 rings (SSSR count). The normalized spacial score (nSPS) is 15.5. The Balaban J connectivity index is 0.000000159. The molecule has 0 atom stereocenters. The average molecular weight is 679 g/mol. The number of fused-ring (bicyclic) bond motifs is 2. The number of aromatic amines is 1. The van der Waals surface area contributed by atoms with E-state index < -0.39 is 10.8 Å². The molecule has 10 nitrogen and oxygen atoms in total. The SMILES string of the molecule is Cc1cc(-c2cc(-c3ccc4c(c3)N(C)C(=O)C4(C)C)nn2C)ccn1.Cc1ccc(-c2cc(-c3ccc4c(c3)N(C)C(=O)C4(C)C)[nH]n2)cn1. The first-order valence-electron chi connectivity index (χ1n) is 17.0. The summed E-state index contributed by atoms with van der Waals surface area (Å²) in [5, 5.41) is 12.2. The van der Waals surface area contributed by atoms with Crippen molar-refractivity contribution in [3.8, 4) is 45.0 Å². The first-order valence-corrected chi connectivity index (χ1v) is 17.0. The quantitative estimate of drug-likeness (QED) is 0.208. The van der Waals surface area contributed by atoms with E-state index >= 15 is 0 Å². The summed E-state index contributed by atoms with van der Waals surface area (Å²) in [4.78, 5) is 37.0. The molecule has 2 amide bonds. The van der Waals surface area contributed by atoms with Crippen molar-refractivity contribution in [2.75, 3.05) is 23.9 Å². The van der Waals surface area contributed by atoms with Gasteiger partial charge in [-0.1, -0.05) is 24.3 Å². The number of hydrogen-bond acceptors (Lipinski definition) is 6. The summed E-state index contributed by atoms with van der Waals surface area (Å²) in [5.74, 6) is 0.245. The minimum Gasteiger partial charge on any atom is -0.314 e. The number of nitrogens with zero attached hydrogens (tertiary/aromatic N) is 7. The van der Waals surface area contributed by atoms with Crippen molar-refractivity contribution in [1.82, 2.24) is 29.9 Å². The number of benzene rings is 2. The van der Waals surface area contributed by atoms with Crippen LogP contribution in [0.25, 0.3) is 45.0 Å². The molecular formula is C41H42N8O2. The maximum atomic E-state index is 12.5. The number of H-pyrrole nitrogens is 1. The Morgan fingerprint density at radius 1 is 0.608 bits per heavy atom. The Morgan fingerprint density at radius 2 is 1.22 bits per heavy atom. The molecule has 4 aromatic heterocycles. The van der Waals surface area contributed by atoms with E-state index in [1.165, 1.54) is 0 Å². The fourth-order valence-corrected chi connectivity index (χ4v) is 7.11. The maximum absolute atomic E-state index is 12.5. The highest BCUT2D eigenvalue weighted by Gasteiger charge is 2.43. The van der Waals surface area contributed by atoms with E-state index in [1.54, 1.807) is 9.80 Å². The number of likely N-dealkylation sites (N-methyl/N-ethyl adjacent to an activating group) is 2. The standard InChI is InChI=1S/C21H22N4O.C20H20N4O/c1-13-10-15(8-9-22-13)18-12-17(23-25(18)5)14-6-7-16-19(11-14)24(4)20(26)21(16,2)3;1-12-5-6-14(11-21-12)17-10-16(22-23-17)13-7-8-15-18(9-13)24(4)19(25)20(15,2)3/h6-12H,1-5H3;5-11H,1-4H3,(H,22,23). The molecule has 0 saturated carbocycles. The van der Waals surface area contributed by atoms with Crippen molar-refractivity contribution in [2.45, 2.75) is 52.4 Å². The predicted molar refractivity (Wildman–Crippen MR) is 201 cm³/mol. The van der Waals surface area contributed by atoms with E-state index in [0.29, 0.717) is 0 Å². The lowest BCUT2D eigenvalue weighted by molar-refractivity contribution is -0.122. The van der Waals surface area contributed by atoms with Gasteiger partial charge in [0.1, 0.15) is 0 Å². The monoisotopic (exact) mass is 678 g/mol. The number of rotatable bonds is 4. The number of carbonyl (C=O) groups is 2. The highest BCUT2D eigenvalue weighted by atomic mass is 16.2. The summed E-state index contributed by atoms with van der Waals surface area (Å²) in [6, 6.07) is 24.4. The molecular weight excluding hydrogens is 637 g/mol. The van der Waals surface area contributed by atoms with Gasteiger partial charge in [-0.05, 0) is 101 Å². The largest absolute Gasteiger partial charge is 0.314 e. The summed E-state index contributed by atoms with van der Waals surface area (Å²) in [6.45, 7) is 11.8. The van der Waals surface area contributed by atoms with Crippen molar-refractivity contribution >= 4 is 23.2 Å². The number of nitrogens with one attached hydrogen (secondary N) is 1. The summed E-state index contributed by atoms with van der Waals surface area (Å²) in [5.41, 5.74) is 12.8. The van der Waals surface area contributed by atoms with Gasteiger partial charge < -0.3 is 9.80 Å². The van der Waals surface area contributed by atoms with E-state index in [0.717, 1.165) is 78.9 Å². The zero-order chi connectivity index (χ0) is 36.4. The third kappa shape index (κ3) is 5.70. The number of hydrogen-bond donors (Lipinski definition) is 1. The zero-order valence-electron chi connectivity index (χ0n) is 30.5. The predicted octanol–water partition coefficient (Wildman–Crippen LogP) is 7.41. The van der Waals surface area contributed by atoms with Crippen LogP contribution in [0.4, 0.5) is 11.4 Å². The third-order valence-electron chi connectivity index (χ3n) is 10.2. The number of amides is 2. The Hall–Kier alpha value is -5.90. The highest BCUT2D eigenvalue weighted by Crippen LogP contribution is 2.44. The minimum atomic E-state index is -0.480. The van der Waals surface area contributed by atoms with Gasteiger partial charge in [0, 0.05) is 78.6 Å². The van der Waals surface area contributed by atoms with Crippen LogP contribution in [-0.2, 0) is 27.5 Å². The first kappa shape index (κ1) is 33.6. The first-order chi connectivity index (χ1) is 24.2. The molecule has 0 fully saturated rings. The van der Waals surface area contributed by atoms with Crippen LogP contribution in [0.15, 0.2) is 85.2 Å². The maximum Gasteiger partial charge on any atom is 0.236 e. The molecule has 0 spiro atoms. The van der Waals surface area contributed by atoms with Crippen LogP contribution in [-0.4, -0.2) is 55.9 Å². The molecule has 0 saturated heterocycles. The van der Waals surface area contributed by atoms with Crippen molar-refractivity contribution < 1.29 is 9.59 Å². The van der Waals surface area contributed by atoms with Crippen molar-refractivity contribution in [1.29, 1.82) is 0 Å². The van der Waals surface area contributed by atoms with Crippen molar-refractivity contribution in [2.24, 2.45) is 7.05 Å². The van der Waals surface area contributed by atoms with Gasteiger partial charge in [0.05, 0.1) is 33.6 Å². The average Bonchev–Trinajstić information content (AvgIpc) is 3.84. The molecule has 10 heteroatoms. The summed E-state index contributed by atoms with van der Waals surface area (Å²) >= 11 is 0. The molecule has 6 heterocycles. The van der Waals surface area contributed by atoms with Gasteiger partial charge in [-0.15, -0.1) is 0 Å². The van der Waals surface area contributed by atoms with Gasteiger partial charge >= 0.3 is 0 Å². The molecule has 2 aliphatic rings. The highest BCUT2D eigenvalue weighted by molar-refractivity contribution is 6.08. The van der Waals surface area contributed by atoms with Crippen molar-refractivity contribution in [3.63, 3.8) is 0 Å². The molecule has 0 aliphatic carbocycles. The fourth-order valence-electron chi connectivity index (χ4n) is 7.11. The molecule has 2 aliphatic heterocycles. The van der Waals surface area contributed by atoms with Gasteiger partial charge in [-0.25, -0.2) is 0 Å². The number of carbonyl (C=O) groups excluding carboxylic acids is 2. The Morgan fingerprint density at radius 3 is 1.82 bits per heavy atom. The van der Waals surface area contributed by atoms with Gasteiger partial charge in [-0.2, -0.15) is 10.2 Å². The topological polar surface area (TPSA) is 113 Å². The van der Waals surface area contributed by atoms with E-state index in [1.807, 2.05) is 122 Å². The second-order valence-electron chi connectivity index (χ2n) is 14.5. The molecule has 2 aromatic carbocycles. The van der Waals surface area contributed by atoms with Gasteiger partial charge in [0.25, 0.3) is 0 Å². The smallest absolute Gasteiger partial charge is 0.236 e. The van der Waals surface area contributed by atoms with Crippen molar-refractivity contribution in [3.05, 3.63) is 108 Å². The Bertz CT molecular complexity index is 2330. The second kappa shape index (κ2) is 12.2. The molecule has 0 bridgehead atoms. The molecule has 0 radical (unpaired) electrons. The van der Waals surface area contributed by atoms with Gasteiger partial charge in [-0.3, -0.25) is 29.3 Å². The molecule has 258 valence electrons. The number of aromatic nitrogens is 6.